The fourth-order valence-corrected chi connectivity index (χ4v) is 3.44. The number of H-pyrrole nitrogens is 1. The number of rotatable bonds is 6. The van der Waals surface area contributed by atoms with Crippen LogP contribution in [0.2, 0.25) is 0 Å². The van der Waals surface area contributed by atoms with Gasteiger partial charge in [-0.05, 0) is 31.0 Å². The number of aromatic amines is 1. The number of anilines is 1. The van der Waals surface area contributed by atoms with Gasteiger partial charge in [-0.2, -0.15) is 0 Å². The van der Waals surface area contributed by atoms with Crippen LogP contribution in [-0.2, 0) is 4.79 Å². The van der Waals surface area contributed by atoms with Crippen molar-refractivity contribution in [3.63, 3.8) is 0 Å². The molecule has 1 amide bonds. The van der Waals surface area contributed by atoms with Crippen molar-refractivity contribution in [3.8, 4) is 0 Å². The minimum Gasteiger partial charge on any atom is -0.333 e. The molecule has 0 radical (unpaired) electrons. The number of fused-ring (bicyclic) bond motifs is 1. The Balaban J connectivity index is 1.76. The first-order chi connectivity index (χ1) is 12.5. The van der Waals surface area contributed by atoms with Gasteiger partial charge in [0.15, 0.2) is 5.16 Å². The van der Waals surface area contributed by atoms with E-state index >= 15 is 0 Å². The van der Waals surface area contributed by atoms with Gasteiger partial charge in [0.25, 0.3) is 5.69 Å². The summed E-state index contributed by atoms with van der Waals surface area (Å²) in [6.45, 7) is 3.72. The van der Waals surface area contributed by atoms with Gasteiger partial charge in [-0.3, -0.25) is 14.9 Å². The second-order valence-electron chi connectivity index (χ2n) is 5.82. The van der Waals surface area contributed by atoms with Crippen molar-refractivity contribution in [2.24, 2.45) is 0 Å². The summed E-state index contributed by atoms with van der Waals surface area (Å²) in [5.41, 5.74) is 2.93. The fourth-order valence-electron chi connectivity index (χ4n) is 2.51. The van der Waals surface area contributed by atoms with Crippen LogP contribution in [-0.4, -0.2) is 26.0 Å². The number of hydrogen-bond donors (Lipinski definition) is 2. The Bertz CT molecular complexity index is 937. The molecule has 0 spiro atoms. The molecule has 2 aromatic carbocycles. The van der Waals surface area contributed by atoms with Gasteiger partial charge in [-0.25, -0.2) is 4.98 Å². The number of nitro groups is 1. The van der Waals surface area contributed by atoms with Crippen molar-refractivity contribution < 1.29 is 9.72 Å². The highest BCUT2D eigenvalue weighted by Gasteiger charge is 2.21. The molecule has 0 saturated carbocycles. The normalized spacial score (nSPS) is 12.1. The van der Waals surface area contributed by atoms with Gasteiger partial charge >= 0.3 is 0 Å². The number of carbonyl (C=O) groups is 1. The molecule has 0 aliphatic rings. The topological polar surface area (TPSA) is 101 Å². The quantitative estimate of drug-likeness (QED) is 0.383. The summed E-state index contributed by atoms with van der Waals surface area (Å²) in [4.78, 5) is 30.8. The lowest BCUT2D eigenvalue weighted by atomic mass is 10.1. The number of nitro benzene ring substituents is 1. The lowest BCUT2D eigenvalue weighted by Gasteiger charge is -2.14. The van der Waals surface area contributed by atoms with Crippen molar-refractivity contribution in [1.82, 2.24) is 9.97 Å². The number of nitrogens with one attached hydrogen (secondary N) is 2. The molecule has 0 fully saturated rings. The predicted molar refractivity (Wildman–Crippen MR) is 102 cm³/mol. The fraction of sp³-hybridized carbons (Fsp3) is 0.222. The van der Waals surface area contributed by atoms with Crippen LogP contribution in [0.4, 0.5) is 11.4 Å². The van der Waals surface area contributed by atoms with Crippen molar-refractivity contribution in [1.29, 1.82) is 0 Å². The molecule has 3 aromatic rings. The van der Waals surface area contributed by atoms with Gasteiger partial charge in [0, 0.05) is 12.1 Å². The summed E-state index contributed by atoms with van der Waals surface area (Å²) in [6, 6.07) is 12.1. The Morgan fingerprint density at radius 2 is 2.12 bits per heavy atom. The third-order valence-corrected chi connectivity index (χ3v) is 5.22. The first-order valence-electron chi connectivity index (χ1n) is 8.15. The van der Waals surface area contributed by atoms with Crippen molar-refractivity contribution in [3.05, 3.63) is 58.1 Å². The van der Waals surface area contributed by atoms with E-state index in [0.29, 0.717) is 17.3 Å². The molecular weight excluding hydrogens is 352 g/mol. The van der Waals surface area contributed by atoms with Gasteiger partial charge in [0.1, 0.15) is 0 Å². The van der Waals surface area contributed by atoms with Crippen LogP contribution in [0.25, 0.3) is 11.0 Å². The van der Waals surface area contributed by atoms with Crippen molar-refractivity contribution >= 4 is 40.1 Å². The number of hydrogen-bond acceptors (Lipinski definition) is 5. The minimum atomic E-state index is -0.477. The van der Waals surface area contributed by atoms with E-state index in [-0.39, 0.29) is 16.8 Å². The SMILES string of the molecule is CCC(Sc1nc2ccccc2[nH]1)C(=O)Nc1cc([N+](=O)[O-])ccc1C. The molecule has 134 valence electrons. The van der Waals surface area contributed by atoms with E-state index in [4.69, 9.17) is 0 Å². The number of non-ortho nitro benzene ring substituents is 1. The minimum absolute atomic E-state index is 0.0520. The maximum absolute atomic E-state index is 12.7. The molecule has 8 heteroatoms. The number of carbonyl (C=O) groups excluding carboxylic acids is 1. The molecular formula is C18H18N4O3S. The van der Waals surface area contributed by atoms with Gasteiger partial charge < -0.3 is 10.3 Å². The predicted octanol–water partition coefficient (Wildman–Crippen LogP) is 4.29. The number of para-hydroxylation sites is 2. The lowest BCUT2D eigenvalue weighted by Crippen LogP contribution is -2.25. The summed E-state index contributed by atoms with van der Waals surface area (Å²) in [5, 5.41) is 14.1. The Morgan fingerprint density at radius 3 is 2.81 bits per heavy atom. The van der Waals surface area contributed by atoms with E-state index in [9.17, 15) is 14.9 Å². The standard InChI is InChI=1S/C18H18N4O3S/c1-3-16(26-18-20-13-6-4-5-7-14(13)21-18)17(23)19-15-10-12(22(24)25)9-8-11(15)2/h4-10,16H,3H2,1-2H3,(H,19,23)(H,20,21). The van der Waals surface area contributed by atoms with Crippen molar-refractivity contribution in [2.75, 3.05) is 5.32 Å². The second kappa shape index (κ2) is 7.57. The van der Waals surface area contributed by atoms with Crippen LogP contribution in [0.5, 0.6) is 0 Å². The number of benzene rings is 2. The van der Waals surface area contributed by atoms with E-state index in [1.54, 1.807) is 13.0 Å². The largest absolute Gasteiger partial charge is 0.333 e. The van der Waals surface area contributed by atoms with Crippen LogP contribution >= 0.6 is 11.8 Å². The zero-order chi connectivity index (χ0) is 18.7. The van der Waals surface area contributed by atoms with E-state index < -0.39 is 4.92 Å². The molecule has 1 unspecified atom stereocenters. The van der Waals surface area contributed by atoms with E-state index in [0.717, 1.165) is 16.6 Å². The highest BCUT2D eigenvalue weighted by atomic mass is 32.2. The molecule has 1 heterocycles. The number of nitrogens with zero attached hydrogens (tertiary/aromatic N) is 2. The zero-order valence-electron chi connectivity index (χ0n) is 14.4. The van der Waals surface area contributed by atoms with Crippen LogP contribution < -0.4 is 5.32 Å². The molecule has 0 aliphatic heterocycles. The van der Waals surface area contributed by atoms with Gasteiger partial charge in [-0.1, -0.05) is 36.9 Å². The molecule has 3 rings (SSSR count). The zero-order valence-corrected chi connectivity index (χ0v) is 15.2. The number of aromatic nitrogens is 2. The number of thioether (sulfide) groups is 1. The molecule has 7 nitrogen and oxygen atoms in total. The maximum atomic E-state index is 12.7. The molecule has 1 aromatic heterocycles. The molecule has 1 atom stereocenters. The summed E-state index contributed by atoms with van der Waals surface area (Å²) >= 11 is 1.35. The first kappa shape index (κ1) is 17.9. The molecule has 0 bridgehead atoms. The monoisotopic (exact) mass is 370 g/mol. The third kappa shape index (κ3) is 3.85. The molecule has 0 aliphatic carbocycles. The summed E-state index contributed by atoms with van der Waals surface area (Å²) in [7, 11) is 0. The molecule has 2 N–H and O–H groups in total. The van der Waals surface area contributed by atoms with E-state index in [1.807, 2.05) is 31.2 Å². The van der Waals surface area contributed by atoms with Crippen LogP contribution in [0.3, 0.4) is 0 Å². The van der Waals surface area contributed by atoms with Gasteiger partial charge in [0.05, 0.1) is 26.9 Å². The average Bonchev–Trinajstić information content (AvgIpc) is 3.03. The number of amides is 1. The maximum Gasteiger partial charge on any atom is 0.271 e. The summed E-state index contributed by atoms with van der Waals surface area (Å²) < 4.78 is 0. The highest BCUT2D eigenvalue weighted by molar-refractivity contribution is 8.00. The van der Waals surface area contributed by atoms with Crippen LogP contribution in [0.15, 0.2) is 47.6 Å². The first-order valence-corrected chi connectivity index (χ1v) is 9.03. The Labute approximate surface area is 154 Å². The lowest BCUT2D eigenvalue weighted by molar-refractivity contribution is -0.384. The van der Waals surface area contributed by atoms with Gasteiger partial charge in [-0.15, -0.1) is 0 Å². The highest BCUT2D eigenvalue weighted by Crippen LogP contribution is 2.28. The second-order valence-corrected chi connectivity index (χ2v) is 7.01. The van der Waals surface area contributed by atoms with Crippen molar-refractivity contribution in [2.45, 2.75) is 30.7 Å². The van der Waals surface area contributed by atoms with E-state index in [1.165, 1.54) is 23.9 Å². The van der Waals surface area contributed by atoms with Crippen LogP contribution in [0, 0.1) is 17.0 Å². The Hall–Kier alpha value is -2.87. The Kier molecular flexibility index (Phi) is 5.22. The molecule has 26 heavy (non-hydrogen) atoms. The number of aryl methyl sites for hydroxylation is 1. The summed E-state index contributed by atoms with van der Waals surface area (Å²) in [6.07, 6.45) is 0.599. The molecule has 0 saturated heterocycles. The smallest absolute Gasteiger partial charge is 0.271 e. The Morgan fingerprint density at radius 1 is 1.35 bits per heavy atom. The third-order valence-electron chi connectivity index (χ3n) is 3.97. The van der Waals surface area contributed by atoms with Crippen LogP contribution in [0.1, 0.15) is 18.9 Å². The average molecular weight is 370 g/mol. The number of imidazole rings is 1. The van der Waals surface area contributed by atoms with E-state index in [2.05, 4.69) is 15.3 Å². The van der Waals surface area contributed by atoms with Gasteiger partial charge in [0.2, 0.25) is 5.91 Å². The summed E-state index contributed by atoms with van der Waals surface area (Å²) in [5.74, 6) is -0.207.